The van der Waals surface area contributed by atoms with Crippen LogP contribution < -0.4 is 10.5 Å². The maximum Gasteiger partial charge on any atom is 0.131 e. The highest BCUT2D eigenvalue weighted by Crippen LogP contribution is 2.20. The molecule has 1 fully saturated rings. The van der Waals surface area contributed by atoms with Crippen LogP contribution in [0.3, 0.4) is 0 Å². The Morgan fingerprint density at radius 3 is 3.00 bits per heavy atom. The maximum atomic E-state index is 13.3. The van der Waals surface area contributed by atoms with E-state index in [-0.39, 0.29) is 18.5 Å². The smallest absolute Gasteiger partial charge is 0.131 e. The van der Waals surface area contributed by atoms with Crippen LogP contribution in [-0.2, 0) is 11.3 Å². The highest BCUT2D eigenvalue weighted by molar-refractivity contribution is 5.29. The minimum atomic E-state index is -0.311. The van der Waals surface area contributed by atoms with Crippen LogP contribution in [0, 0.1) is 5.82 Å². The number of nitrogens with two attached hydrogens (primary N) is 1. The van der Waals surface area contributed by atoms with Crippen LogP contribution in [0.1, 0.15) is 12.0 Å². The molecule has 0 aromatic heterocycles. The molecule has 2 N–H and O–H groups in total. The van der Waals surface area contributed by atoms with Gasteiger partial charge in [-0.1, -0.05) is 6.07 Å². The molecule has 3 nitrogen and oxygen atoms in total. The van der Waals surface area contributed by atoms with E-state index in [0.29, 0.717) is 24.5 Å². The number of rotatable bonds is 3. The summed E-state index contributed by atoms with van der Waals surface area (Å²) >= 11 is 0. The van der Waals surface area contributed by atoms with E-state index in [0.717, 1.165) is 6.42 Å². The largest absolute Gasteiger partial charge is 0.488 e. The molecule has 1 aliphatic rings. The molecular formula is C11H14FNO2. The van der Waals surface area contributed by atoms with Crippen molar-refractivity contribution in [2.24, 2.45) is 5.73 Å². The van der Waals surface area contributed by atoms with E-state index in [1.54, 1.807) is 12.1 Å². The minimum Gasteiger partial charge on any atom is -0.488 e. The molecular weight excluding hydrogens is 197 g/mol. The SMILES string of the molecule is NCc1ccc(OC2CCOC2)cc1F. The third-order valence-electron chi connectivity index (χ3n) is 2.44. The summed E-state index contributed by atoms with van der Waals surface area (Å²) in [4.78, 5) is 0. The minimum absolute atomic E-state index is 0.0492. The molecule has 1 aromatic rings. The molecule has 0 bridgehead atoms. The molecule has 1 aliphatic heterocycles. The van der Waals surface area contributed by atoms with Gasteiger partial charge < -0.3 is 15.2 Å². The number of hydrogen-bond donors (Lipinski definition) is 1. The number of halogens is 1. The van der Waals surface area contributed by atoms with Crippen LogP contribution in [0.4, 0.5) is 4.39 Å². The number of ether oxygens (including phenoxy) is 2. The first kappa shape index (κ1) is 10.4. The fraction of sp³-hybridized carbons (Fsp3) is 0.455. The Morgan fingerprint density at radius 1 is 1.53 bits per heavy atom. The molecule has 0 aliphatic carbocycles. The fourth-order valence-electron chi connectivity index (χ4n) is 1.57. The van der Waals surface area contributed by atoms with E-state index in [1.165, 1.54) is 6.07 Å². The van der Waals surface area contributed by atoms with Crippen LogP contribution in [0.15, 0.2) is 18.2 Å². The Bertz CT molecular complexity index is 337. The van der Waals surface area contributed by atoms with Crippen molar-refractivity contribution in [2.45, 2.75) is 19.1 Å². The van der Waals surface area contributed by atoms with Crippen molar-refractivity contribution in [3.05, 3.63) is 29.6 Å². The second-order valence-electron chi connectivity index (χ2n) is 3.56. The van der Waals surface area contributed by atoms with Crippen LogP contribution >= 0.6 is 0 Å². The van der Waals surface area contributed by atoms with Crippen molar-refractivity contribution in [3.63, 3.8) is 0 Å². The first-order valence-corrected chi connectivity index (χ1v) is 5.02. The Kier molecular flexibility index (Phi) is 3.18. The van der Waals surface area contributed by atoms with Gasteiger partial charge in [-0.15, -0.1) is 0 Å². The quantitative estimate of drug-likeness (QED) is 0.823. The molecule has 2 rings (SSSR count). The molecule has 1 aromatic carbocycles. The van der Waals surface area contributed by atoms with Crippen LogP contribution in [0.25, 0.3) is 0 Å². The summed E-state index contributed by atoms with van der Waals surface area (Å²) in [5, 5.41) is 0. The lowest BCUT2D eigenvalue weighted by atomic mass is 10.2. The molecule has 0 amide bonds. The van der Waals surface area contributed by atoms with Crippen molar-refractivity contribution in [1.29, 1.82) is 0 Å². The summed E-state index contributed by atoms with van der Waals surface area (Å²) in [7, 11) is 0. The third-order valence-corrected chi connectivity index (χ3v) is 2.44. The number of benzene rings is 1. The standard InChI is InChI=1S/C11H14FNO2/c12-11-5-9(2-1-8(11)6-13)15-10-3-4-14-7-10/h1-2,5,10H,3-4,6-7,13H2. The zero-order chi connectivity index (χ0) is 10.7. The van der Waals surface area contributed by atoms with Gasteiger partial charge in [0.25, 0.3) is 0 Å². The summed E-state index contributed by atoms with van der Waals surface area (Å²) in [6, 6.07) is 4.77. The lowest BCUT2D eigenvalue weighted by Crippen LogP contribution is -2.15. The van der Waals surface area contributed by atoms with E-state index in [1.807, 2.05) is 0 Å². The zero-order valence-electron chi connectivity index (χ0n) is 8.41. The van der Waals surface area contributed by atoms with Crippen LogP contribution in [-0.4, -0.2) is 19.3 Å². The van der Waals surface area contributed by atoms with Gasteiger partial charge in [-0.3, -0.25) is 0 Å². The van der Waals surface area contributed by atoms with Gasteiger partial charge in [0.2, 0.25) is 0 Å². The molecule has 1 atom stereocenters. The predicted molar refractivity (Wildman–Crippen MR) is 54.1 cm³/mol. The second kappa shape index (κ2) is 4.59. The van der Waals surface area contributed by atoms with Gasteiger partial charge in [-0.25, -0.2) is 4.39 Å². The van der Waals surface area contributed by atoms with Gasteiger partial charge in [-0.2, -0.15) is 0 Å². The molecule has 4 heteroatoms. The van der Waals surface area contributed by atoms with Crippen molar-refractivity contribution >= 4 is 0 Å². The lowest BCUT2D eigenvalue weighted by molar-refractivity contribution is 0.141. The predicted octanol–water partition coefficient (Wildman–Crippen LogP) is 1.45. The lowest BCUT2D eigenvalue weighted by Gasteiger charge is -2.12. The van der Waals surface area contributed by atoms with Gasteiger partial charge in [0, 0.05) is 24.6 Å². The normalized spacial score (nSPS) is 20.5. The topological polar surface area (TPSA) is 44.5 Å². The molecule has 0 radical (unpaired) electrons. The Labute approximate surface area is 88.0 Å². The van der Waals surface area contributed by atoms with Gasteiger partial charge >= 0.3 is 0 Å². The molecule has 15 heavy (non-hydrogen) atoms. The van der Waals surface area contributed by atoms with Crippen molar-refractivity contribution in [2.75, 3.05) is 13.2 Å². The Balaban J connectivity index is 2.05. The van der Waals surface area contributed by atoms with Crippen LogP contribution in [0.5, 0.6) is 5.75 Å². The second-order valence-corrected chi connectivity index (χ2v) is 3.56. The number of hydrogen-bond acceptors (Lipinski definition) is 3. The molecule has 0 saturated carbocycles. The zero-order valence-corrected chi connectivity index (χ0v) is 8.41. The van der Waals surface area contributed by atoms with E-state index < -0.39 is 0 Å². The average Bonchev–Trinajstić information content (AvgIpc) is 2.71. The molecule has 82 valence electrons. The summed E-state index contributed by atoms with van der Waals surface area (Å²) in [6.07, 6.45) is 0.911. The molecule has 0 spiro atoms. The third kappa shape index (κ3) is 2.46. The molecule has 1 saturated heterocycles. The summed E-state index contributed by atoms with van der Waals surface area (Å²) in [5.41, 5.74) is 5.87. The Morgan fingerprint density at radius 2 is 2.40 bits per heavy atom. The van der Waals surface area contributed by atoms with E-state index in [2.05, 4.69) is 0 Å². The van der Waals surface area contributed by atoms with Crippen molar-refractivity contribution in [3.8, 4) is 5.75 Å². The summed E-state index contributed by atoms with van der Waals surface area (Å²) in [5.74, 6) is 0.231. The van der Waals surface area contributed by atoms with E-state index >= 15 is 0 Å². The van der Waals surface area contributed by atoms with E-state index in [4.69, 9.17) is 15.2 Å². The Hall–Kier alpha value is -1.13. The van der Waals surface area contributed by atoms with Gasteiger partial charge in [-0.05, 0) is 6.07 Å². The van der Waals surface area contributed by atoms with Gasteiger partial charge in [0.05, 0.1) is 13.2 Å². The van der Waals surface area contributed by atoms with Gasteiger partial charge in [0.1, 0.15) is 17.7 Å². The monoisotopic (exact) mass is 211 g/mol. The van der Waals surface area contributed by atoms with Crippen molar-refractivity contribution < 1.29 is 13.9 Å². The summed E-state index contributed by atoms with van der Waals surface area (Å²) in [6.45, 7) is 1.51. The highest BCUT2D eigenvalue weighted by atomic mass is 19.1. The van der Waals surface area contributed by atoms with Crippen molar-refractivity contribution in [1.82, 2.24) is 0 Å². The van der Waals surface area contributed by atoms with Crippen LogP contribution in [0.2, 0.25) is 0 Å². The first-order chi connectivity index (χ1) is 7.29. The average molecular weight is 211 g/mol. The fourth-order valence-corrected chi connectivity index (χ4v) is 1.57. The summed E-state index contributed by atoms with van der Waals surface area (Å²) < 4.78 is 24.0. The molecule has 1 heterocycles. The first-order valence-electron chi connectivity index (χ1n) is 5.02. The molecule has 1 unspecified atom stereocenters. The highest BCUT2D eigenvalue weighted by Gasteiger charge is 2.17. The van der Waals surface area contributed by atoms with E-state index in [9.17, 15) is 4.39 Å². The maximum absolute atomic E-state index is 13.3. The van der Waals surface area contributed by atoms with Gasteiger partial charge in [0.15, 0.2) is 0 Å².